The fraction of sp³-hybridized carbons (Fsp3) is 0.571. The third-order valence-corrected chi connectivity index (χ3v) is 3.52. The standard InChI is InChI=1S/C14H20FN/c1-16-11-4-7-12-6-2-3-8-13(12)14(15)9-5-10-14/h2-3,6,8,16H,4-5,7,9-11H2,1H3. The molecule has 1 N–H and O–H groups in total. The molecule has 0 radical (unpaired) electrons. The maximum Gasteiger partial charge on any atom is 0.136 e. The van der Waals surface area contributed by atoms with E-state index in [2.05, 4.69) is 11.4 Å². The van der Waals surface area contributed by atoms with Crippen molar-refractivity contribution in [3.63, 3.8) is 0 Å². The van der Waals surface area contributed by atoms with Crippen LogP contribution in [-0.2, 0) is 12.1 Å². The first-order valence-electron chi connectivity index (χ1n) is 6.18. The fourth-order valence-corrected chi connectivity index (χ4v) is 2.39. The van der Waals surface area contributed by atoms with E-state index in [-0.39, 0.29) is 0 Å². The third kappa shape index (κ3) is 2.27. The summed E-state index contributed by atoms with van der Waals surface area (Å²) < 4.78 is 14.4. The van der Waals surface area contributed by atoms with E-state index in [4.69, 9.17) is 0 Å². The summed E-state index contributed by atoms with van der Waals surface area (Å²) in [5.74, 6) is 0. The predicted molar refractivity (Wildman–Crippen MR) is 65.3 cm³/mol. The van der Waals surface area contributed by atoms with Crippen LogP contribution >= 0.6 is 0 Å². The highest BCUT2D eigenvalue weighted by molar-refractivity contribution is 5.34. The lowest BCUT2D eigenvalue weighted by Gasteiger charge is -2.35. The van der Waals surface area contributed by atoms with Crippen LogP contribution in [0.4, 0.5) is 4.39 Å². The Bertz CT molecular complexity index is 344. The molecule has 2 rings (SSSR count). The van der Waals surface area contributed by atoms with Gasteiger partial charge < -0.3 is 5.32 Å². The molecule has 1 fully saturated rings. The zero-order valence-corrected chi connectivity index (χ0v) is 9.93. The summed E-state index contributed by atoms with van der Waals surface area (Å²) in [5.41, 5.74) is 1.12. The van der Waals surface area contributed by atoms with Crippen LogP contribution in [0.15, 0.2) is 24.3 Å². The van der Waals surface area contributed by atoms with Gasteiger partial charge in [-0.25, -0.2) is 4.39 Å². The minimum atomic E-state index is -1.02. The maximum absolute atomic E-state index is 14.4. The van der Waals surface area contributed by atoms with Crippen LogP contribution in [0.5, 0.6) is 0 Å². The molecule has 0 amide bonds. The van der Waals surface area contributed by atoms with Crippen LogP contribution in [0.1, 0.15) is 36.8 Å². The number of rotatable bonds is 5. The lowest BCUT2D eigenvalue weighted by atomic mass is 9.74. The van der Waals surface area contributed by atoms with Crippen LogP contribution in [0.2, 0.25) is 0 Å². The molecule has 0 aromatic heterocycles. The van der Waals surface area contributed by atoms with E-state index in [0.29, 0.717) is 12.8 Å². The lowest BCUT2D eigenvalue weighted by Crippen LogP contribution is -2.30. The molecule has 1 aliphatic carbocycles. The average Bonchev–Trinajstić information content (AvgIpc) is 2.27. The topological polar surface area (TPSA) is 12.0 Å². The van der Waals surface area contributed by atoms with Gasteiger partial charge in [-0.05, 0) is 56.8 Å². The summed E-state index contributed by atoms with van der Waals surface area (Å²) in [7, 11) is 1.95. The van der Waals surface area contributed by atoms with Gasteiger partial charge in [-0.2, -0.15) is 0 Å². The van der Waals surface area contributed by atoms with Crippen molar-refractivity contribution in [2.45, 2.75) is 37.8 Å². The van der Waals surface area contributed by atoms with Crippen molar-refractivity contribution in [3.8, 4) is 0 Å². The second-order valence-corrected chi connectivity index (χ2v) is 4.68. The normalized spacial score (nSPS) is 18.1. The zero-order chi connectivity index (χ0) is 11.4. The molecule has 0 bridgehead atoms. The molecule has 1 aromatic rings. The Balaban J connectivity index is 2.11. The van der Waals surface area contributed by atoms with Crippen LogP contribution < -0.4 is 5.32 Å². The molecule has 0 aliphatic heterocycles. The van der Waals surface area contributed by atoms with Gasteiger partial charge in [0.05, 0.1) is 0 Å². The largest absolute Gasteiger partial charge is 0.320 e. The van der Waals surface area contributed by atoms with Gasteiger partial charge in [0.15, 0.2) is 0 Å². The van der Waals surface area contributed by atoms with E-state index in [0.717, 1.165) is 31.4 Å². The summed E-state index contributed by atoms with van der Waals surface area (Å²) in [5, 5.41) is 3.13. The maximum atomic E-state index is 14.4. The molecular weight excluding hydrogens is 201 g/mol. The van der Waals surface area contributed by atoms with E-state index < -0.39 is 5.67 Å². The Morgan fingerprint density at radius 2 is 2.06 bits per heavy atom. The Labute approximate surface area is 97.1 Å². The van der Waals surface area contributed by atoms with E-state index in [1.54, 1.807) is 0 Å². The summed E-state index contributed by atoms with van der Waals surface area (Å²) >= 11 is 0. The first-order valence-corrected chi connectivity index (χ1v) is 6.18. The van der Waals surface area contributed by atoms with Gasteiger partial charge in [-0.3, -0.25) is 0 Å². The summed E-state index contributed by atoms with van der Waals surface area (Å²) in [6.45, 7) is 0.994. The number of hydrogen-bond donors (Lipinski definition) is 1. The highest BCUT2D eigenvalue weighted by Crippen LogP contribution is 2.46. The summed E-state index contributed by atoms with van der Waals surface area (Å²) in [6, 6.07) is 8.01. The molecule has 0 atom stereocenters. The molecule has 1 aliphatic rings. The van der Waals surface area contributed by atoms with Crippen molar-refractivity contribution < 1.29 is 4.39 Å². The molecule has 1 saturated carbocycles. The van der Waals surface area contributed by atoms with E-state index >= 15 is 0 Å². The highest BCUT2D eigenvalue weighted by Gasteiger charge is 2.39. The van der Waals surface area contributed by atoms with Crippen LogP contribution in [-0.4, -0.2) is 13.6 Å². The summed E-state index contributed by atoms with van der Waals surface area (Å²) in [6.07, 6.45) is 4.49. The first kappa shape index (κ1) is 11.6. The molecule has 88 valence electrons. The van der Waals surface area contributed by atoms with Gasteiger partial charge in [-0.15, -0.1) is 0 Å². The van der Waals surface area contributed by atoms with Crippen molar-refractivity contribution in [1.82, 2.24) is 5.32 Å². The highest BCUT2D eigenvalue weighted by atomic mass is 19.1. The van der Waals surface area contributed by atoms with Gasteiger partial charge in [-0.1, -0.05) is 24.3 Å². The van der Waals surface area contributed by atoms with Crippen molar-refractivity contribution in [1.29, 1.82) is 0 Å². The van der Waals surface area contributed by atoms with Gasteiger partial charge in [0.25, 0.3) is 0 Å². The van der Waals surface area contributed by atoms with Crippen LogP contribution in [0, 0.1) is 0 Å². The van der Waals surface area contributed by atoms with Gasteiger partial charge in [0.1, 0.15) is 5.67 Å². The van der Waals surface area contributed by atoms with Gasteiger partial charge in [0.2, 0.25) is 0 Å². The Morgan fingerprint density at radius 1 is 1.31 bits per heavy atom. The van der Waals surface area contributed by atoms with Crippen molar-refractivity contribution in [3.05, 3.63) is 35.4 Å². The van der Waals surface area contributed by atoms with Gasteiger partial charge in [0, 0.05) is 0 Å². The number of benzene rings is 1. The minimum absolute atomic E-state index is 0.704. The SMILES string of the molecule is CNCCCc1ccccc1C1(F)CCC1. The predicted octanol–water partition coefficient (Wildman–Crippen LogP) is 3.19. The average molecular weight is 221 g/mol. The molecule has 16 heavy (non-hydrogen) atoms. The van der Waals surface area contributed by atoms with Gasteiger partial charge >= 0.3 is 0 Å². The van der Waals surface area contributed by atoms with E-state index in [9.17, 15) is 4.39 Å². The minimum Gasteiger partial charge on any atom is -0.320 e. The number of hydrogen-bond acceptors (Lipinski definition) is 1. The van der Waals surface area contributed by atoms with Crippen LogP contribution in [0.25, 0.3) is 0 Å². The quantitative estimate of drug-likeness (QED) is 0.753. The second-order valence-electron chi connectivity index (χ2n) is 4.68. The smallest absolute Gasteiger partial charge is 0.136 e. The first-order chi connectivity index (χ1) is 7.76. The monoisotopic (exact) mass is 221 g/mol. The Morgan fingerprint density at radius 3 is 2.69 bits per heavy atom. The molecule has 1 aromatic carbocycles. The van der Waals surface area contributed by atoms with Crippen LogP contribution in [0.3, 0.4) is 0 Å². The van der Waals surface area contributed by atoms with Crippen molar-refractivity contribution >= 4 is 0 Å². The zero-order valence-electron chi connectivity index (χ0n) is 9.93. The number of nitrogens with one attached hydrogen (secondary N) is 1. The van der Waals surface area contributed by atoms with Crippen molar-refractivity contribution in [2.75, 3.05) is 13.6 Å². The Hall–Kier alpha value is -0.890. The number of aryl methyl sites for hydroxylation is 1. The molecule has 0 spiro atoms. The molecule has 1 nitrogen and oxygen atoms in total. The van der Waals surface area contributed by atoms with Crippen molar-refractivity contribution in [2.24, 2.45) is 0 Å². The molecule has 0 unspecified atom stereocenters. The van der Waals surface area contributed by atoms with E-state index in [1.165, 1.54) is 5.56 Å². The number of halogens is 1. The summed E-state index contributed by atoms with van der Waals surface area (Å²) in [4.78, 5) is 0. The molecule has 0 heterocycles. The fourth-order valence-electron chi connectivity index (χ4n) is 2.39. The molecular formula is C14H20FN. The van der Waals surface area contributed by atoms with E-state index in [1.807, 2.05) is 25.2 Å². The molecule has 0 saturated heterocycles. The molecule has 2 heteroatoms. The Kier molecular flexibility index (Phi) is 3.59. The number of alkyl halides is 1. The third-order valence-electron chi connectivity index (χ3n) is 3.52. The lowest BCUT2D eigenvalue weighted by molar-refractivity contribution is 0.0599. The second kappa shape index (κ2) is 4.96.